The molecule has 1 aliphatic carbocycles. The Balaban J connectivity index is 1.85. The van der Waals surface area contributed by atoms with Crippen LogP contribution in [0, 0.1) is 0 Å². The van der Waals surface area contributed by atoms with Crippen molar-refractivity contribution >= 4 is 21.9 Å². The fraction of sp³-hybridized carbons (Fsp3) is 0.533. The molecule has 0 aromatic heterocycles. The molecule has 1 aromatic rings. The monoisotopic (exact) mass is 341 g/mol. The van der Waals surface area contributed by atoms with E-state index in [4.69, 9.17) is 4.74 Å². The first kappa shape index (κ1) is 15.3. The summed E-state index contributed by atoms with van der Waals surface area (Å²) in [7, 11) is 1.40. The van der Waals surface area contributed by atoms with Crippen molar-refractivity contribution in [1.82, 2.24) is 5.32 Å². The van der Waals surface area contributed by atoms with E-state index in [1.54, 1.807) is 0 Å². The van der Waals surface area contributed by atoms with Crippen LogP contribution in [0.15, 0.2) is 22.7 Å². The van der Waals surface area contributed by atoms with Crippen LogP contribution in [0.5, 0.6) is 5.75 Å². The molecule has 1 N–H and O–H groups in total. The second-order valence-electron chi connectivity index (χ2n) is 4.91. The van der Waals surface area contributed by atoms with E-state index in [-0.39, 0.29) is 5.97 Å². The first-order valence-corrected chi connectivity index (χ1v) is 7.70. The minimum atomic E-state index is -0.198. The smallest absolute Gasteiger partial charge is 0.305 e. The molecule has 2 rings (SSSR count). The molecule has 0 heterocycles. The highest BCUT2D eigenvalue weighted by atomic mass is 79.9. The topological polar surface area (TPSA) is 47.6 Å². The van der Waals surface area contributed by atoms with Gasteiger partial charge in [-0.25, -0.2) is 0 Å². The first-order chi connectivity index (χ1) is 9.70. The summed E-state index contributed by atoms with van der Waals surface area (Å²) in [5, 5.41) is 3.48. The number of benzene rings is 1. The second-order valence-corrected chi connectivity index (χ2v) is 5.77. The summed E-state index contributed by atoms with van der Waals surface area (Å²) >= 11 is 3.52. The molecular formula is C15H20BrNO3. The molecule has 0 atom stereocenters. The van der Waals surface area contributed by atoms with Gasteiger partial charge in [-0.2, -0.15) is 0 Å². The van der Waals surface area contributed by atoms with Crippen LogP contribution < -0.4 is 10.1 Å². The summed E-state index contributed by atoms with van der Waals surface area (Å²) < 4.78 is 11.4. The maximum atomic E-state index is 11.0. The minimum Gasteiger partial charge on any atom is -0.492 e. The van der Waals surface area contributed by atoms with Crippen molar-refractivity contribution in [2.45, 2.75) is 38.3 Å². The van der Waals surface area contributed by atoms with E-state index in [9.17, 15) is 4.79 Å². The number of ether oxygens (including phenoxy) is 2. The maximum Gasteiger partial charge on any atom is 0.305 e. The van der Waals surface area contributed by atoms with Gasteiger partial charge in [0.1, 0.15) is 5.75 Å². The third-order valence-corrected chi connectivity index (χ3v) is 3.83. The Morgan fingerprint density at radius 3 is 2.95 bits per heavy atom. The molecule has 0 saturated heterocycles. The molecule has 4 nitrogen and oxygen atoms in total. The summed E-state index contributed by atoms with van der Waals surface area (Å²) in [5.41, 5.74) is 1.14. The number of halogens is 1. The summed E-state index contributed by atoms with van der Waals surface area (Å²) in [5.74, 6) is 0.668. The summed E-state index contributed by atoms with van der Waals surface area (Å²) in [6.45, 7) is 1.32. The second kappa shape index (κ2) is 7.64. The van der Waals surface area contributed by atoms with Gasteiger partial charge < -0.3 is 14.8 Å². The lowest BCUT2D eigenvalue weighted by atomic mass is 10.2. The fourth-order valence-corrected chi connectivity index (χ4v) is 2.41. The van der Waals surface area contributed by atoms with E-state index in [0.717, 1.165) is 22.3 Å². The van der Waals surface area contributed by atoms with E-state index in [2.05, 4.69) is 32.0 Å². The maximum absolute atomic E-state index is 11.0. The summed E-state index contributed by atoms with van der Waals surface area (Å²) in [4.78, 5) is 11.0. The molecule has 1 saturated carbocycles. The van der Waals surface area contributed by atoms with Gasteiger partial charge in [0.2, 0.25) is 0 Å². The minimum absolute atomic E-state index is 0.198. The van der Waals surface area contributed by atoms with Crippen LogP contribution in [0.4, 0.5) is 0 Å². The number of para-hydroxylation sites is 1. The Bertz CT molecular complexity index is 460. The Morgan fingerprint density at radius 1 is 1.45 bits per heavy atom. The number of esters is 1. The average Bonchev–Trinajstić information content (AvgIpc) is 3.27. The molecule has 5 heteroatoms. The highest BCUT2D eigenvalue weighted by molar-refractivity contribution is 9.10. The van der Waals surface area contributed by atoms with Crippen molar-refractivity contribution in [1.29, 1.82) is 0 Å². The summed E-state index contributed by atoms with van der Waals surface area (Å²) in [6.07, 6.45) is 3.58. The highest BCUT2D eigenvalue weighted by Crippen LogP contribution is 2.30. The molecule has 1 aromatic carbocycles. The zero-order valence-corrected chi connectivity index (χ0v) is 13.2. The SMILES string of the molecule is COC(=O)CCCOc1c(Br)cccc1CNC1CC1. The third-order valence-electron chi connectivity index (χ3n) is 3.21. The lowest BCUT2D eigenvalue weighted by Gasteiger charge is -2.13. The molecule has 110 valence electrons. The molecule has 0 bridgehead atoms. The van der Waals surface area contributed by atoms with Crippen molar-refractivity contribution < 1.29 is 14.3 Å². The molecule has 0 aliphatic heterocycles. The molecule has 0 amide bonds. The normalized spacial score (nSPS) is 14.1. The standard InChI is InChI=1S/C15H20BrNO3/c1-19-14(18)6-3-9-20-15-11(4-2-5-13(15)16)10-17-12-7-8-12/h2,4-5,12,17H,3,6-10H2,1H3. The number of rotatable bonds is 8. The van der Waals surface area contributed by atoms with E-state index in [1.807, 2.05) is 12.1 Å². The van der Waals surface area contributed by atoms with Gasteiger partial charge in [-0.05, 0) is 41.3 Å². The molecule has 0 spiro atoms. The number of hydrogen-bond acceptors (Lipinski definition) is 4. The number of hydrogen-bond donors (Lipinski definition) is 1. The van der Waals surface area contributed by atoms with Gasteiger partial charge in [0.05, 0.1) is 18.2 Å². The molecule has 0 unspecified atom stereocenters. The fourth-order valence-electron chi connectivity index (χ4n) is 1.89. The van der Waals surface area contributed by atoms with E-state index in [1.165, 1.54) is 20.0 Å². The Hall–Kier alpha value is -1.07. The quantitative estimate of drug-likeness (QED) is 0.583. The van der Waals surface area contributed by atoms with Crippen LogP contribution in [0.1, 0.15) is 31.2 Å². The Kier molecular flexibility index (Phi) is 5.86. The van der Waals surface area contributed by atoms with Gasteiger partial charge in [-0.3, -0.25) is 4.79 Å². The first-order valence-electron chi connectivity index (χ1n) is 6.91. The van der Waals surface area contributed by atoms with Gasteiger partial charge in [0.25, 0.3) is 0 Å². The summed E-state index contributed by atoms with van der Waals surface area (Å²) in [6, 6.07) is 6.71. The van der Waals surface area contributed by atoms with Gasteiger partial charge in [-0.15, -0.1) is 0 Å². The number of nitrogens with one attached hydrogen (secondary N) is 1. The largest absolute Gasteiger partial charge is 0.492 e. The number of carbonyl (C=O) groups is 1. The third kappa shape index (κ3) is 4.80. The van der Waals surface area contributed by atoms with Crippen LogP contribution in [0.25, 0.3) is 0 Å². The molecule has 0 radical (unpaired) electrons. The van der Waals surface area contributed by atoms with Gasteiger partial charge in [-0.1, -0.05) is 12.1 Å². The molecule has 1 aliphatic rings. The highest BCUT2D eigenvalue weighted by Gasteiger charge is 2.21. The van der Waals surface area contributed by atoms with Crippen LogP contribution in [0.2, 0.25) is 0 Å². The lowest BCUT2D eigenvalue weighted by molar-refractivity contribution is -0.140. The molecular weight excluding hydrogens is 322 g/mol. The van der Waals surface area contributed by atoms with Crippen LogP contribution >= 0.6 is 15.9 Å². The van der Waals surface area contributed by atoms with Crippen molar-refractivity contribution in [3.05, 3.63) is 28.2 Å². The van der Waals surface area contributed by atoms with Crippen molar-refractivity contribution in [3.8, 4) is 5.75 Å². The zero-order valence-electron chi connectivity index (χ0n) is 11.7. The molecule has 1 fully saturated rings. The Morgan fingerprint density at radius 2 is 2.25 bits per heavy atom. The van der Waals surface area contributed by atoms with Crippen molar-refractivity contribution in [2.24, 2.45) is 0 Å². The lowest BCUT2D eigenvalue weighted by Crippen LogP contribution is -2.16. The van der Waals surface area contributed by atoms with Crippen molar-refractivity contribution in [3.63, 3.8) is 0 Å². The number of methoxy groups -OCH3 is 1. The van der Waals surface area contributed by atoms with Gasteiger partial charge in [0, 0.05) is 24.6 Å². The van der Waals surface area contributed by atoms with Crippen LogP contribution in [-0.4, -0.2) is 25.7 Å². The average molecular weight is 342 g/mol. The van der Waals surface area contributed by atoms with Crippen molar-refractivity contribution in [2.75, 3.05) is 13.7 Å². The van der Waals surface area contributed by atoms with E-state index < -0.39 is 0 Å². The molecule has 20 heavy (non-hydrogen) atoms. The zero-order chi connectivity index (χ0) is 14.4. The van der Waals surface area contributed by atoms with Gasteiger partial charge in [0.15, 0.2) is 0 Å². The van der Waals surface area contributed by atoms with E-state index in [0.29, 0.717) is 25.5 Å². The predicted molar refractivity (Wildman–Crippen MR) is 80.7 cm³/mol. The predicted octanol–water partition coefficient (Wildman–Crippen LogP) is 3.03. The Labute approximate surface area is 128 Å². The van der Waals surface area contributed by atoms with E-state index >= 15 is 0 Å². The number of carbonyl (C=O) groups excluding carboxylic acids is 1. The van der Waals surface area contributed by atoms with Gasteiger partial charge >= 0.3 is 5.97 Å². The van der Waals surface area contributed by atoms with Crippen LogP contribution in [-0.2, 0) is 16.1 Å². The van der Waals surface area contributed by atoms with Crippen LogP contribution in [0.3, 0.4) is 0 Å².